The molecular formula is C14H16ClNO4. The number of ether oxygens (including phenoxy) is 1. The second-order valence-electron chi connectivity index (χ2n) is 4.88. The van der Waals surface area contributed by atoms with E-state index in [9.17, 15) is 14.7 Å². The van der Waals surface area contributed by atoms with Gasteiger partial charge in [-0.05, 0) is 19.4 Å². The van der Waals surface area contributed by atoms with Gasteiger partial charge >= 0.3 is 5.97 Å². The summed E-state index contributed by atoms with van der Waals surface area (Å²) in [6.07, 6.45) is 0.620. The summed E-state index contributed by atoms with van der Waals surface area (Å²) in [7, 11) is 0. The minimum Gasteiger partial charge on any atom is -0.479 e. The monoisotopic (exact) mass is 297 g/mol. The van der Waals surface area contributed by atoms with E-state index in [4.69, 9.17) is 16.3 Å². The molecule has 108 valence electrons. The van der Waals surface area contributed by atoms with Crippen LogP contribution in [-0.2, 0) is 14.3 Å². The standard InChI is InChI=1S/C14H16ClNO4/c1-8-6-9(7-20-8)13(17)16-12(14(18)19)10-4-2-3-5-11(10)15/h2-5,8-9,12H,6-7H2,1H3,(H,16,17)(H,18,19)/t8?,9?,12-/m1/s1. The molecule has 0 aromatic heterocycles. The number of rotatable bonds is 4. The van der Waals surface area contributed by atoms with Crippen LogP contribution in [0.15, 0.2) is 24.3 Å². The molecule has 20 heavy (non-hydrogen) atoms. The number of halogens is 1. The van der Waals surface area contributed by atoms with E-state index in [0.29, 0.717) is 23.6 Å². The van der Waals surface area contributed by atoms with Crippen LogP contribution >= 0.6 is 11.6 Å². The quantitative estimate of drug-likeness (QED) is 0.891. The summed E-state index contributed by atoms with van der Waals surface area (Å²) in [5, 5.41) is 12.1. The summed E-state index contributed by atoms with van der Waals surface area (Å²) in [6, 6.07) is 5.44. The minimum absolute atomic E-state index is 0.0225. The van der Waals surface area contributed by atoms with E-state index in [2.05, 4.69) is 5.32 Å². The Bertz CT molecular complexity index is 520. The first-order valence-corrected chi connectivity index (χ1v) is 6.76. The molecule has 0 radical (unpaired) electrons. The highest BCUT2D eigenvalue weighted by Crippen LogP contribution is 2.25. The maximum atomic E-state index is 12.1. The Labute approximate surface area is 121 Å². The highest BCUT2D eigenvalue weighted by Gasteiger charge is 2.32. The third kappa shape index (κ3) is 3.29. The molecule has 1 heterocycles. The summed E-state index contributed by atoms with van der Waals surface area (Å²) in [4.78, 5) is 23.5. The maximum Gasteiger partial charge on any atom is 0.330 e. The molecule has 6 heteroatoms. The summed E-state index contributed by atoms with van der Waals surface area (Å²) in [5.41, 5.74) is 0.377. The van der Waals surface area contributed by atoms with Crippen molar-refractivity contribution in [2.24, 2.45) is 5.92 Å². The SMILES string of the molecule is CC1CC(C(=O)N[C@@H](C(=O)O)c2ccccc2Cl)CO1. The van der Waals surface area contributed by atoms with Gasteiger partial charge in [-0.2, -0.15) is 0 Å². The average Bonchev–Trinajstić information content (AvgIpc) is 2.83. The van der Waals surface area contributed by atoms with Gasteiger partial charge in [-0.1, -0.05) is 29.8 Å². The van der Waals surface area contributed by atoms with Crippen molar-refractivity contribution in [3.05, 3.63) is 34.9 Å². The van der Waals surface area contributed by atoms with Gasteiger partial charge in [-0.15, -0.1) is 0 Å². The van der Waals surface area contributed by atoms with E-state index in [1.807, 2.05) is 6.92 Å². The van der Waals surface area contributed by atoms with E-state index in [1.165, 1.54) is 0 Å². The third-order valence-corrected chi connectivity index (χ3v) is 3.66. The lowest BCUT2D eigenvalue weighted by Gasteiger charge is -2.18. The zero-order valence-corrected chi connectivity index (χ0v) is 11.8. The number of carboxylic acids is 1. The molecule has 3 atom stereocenters. The molecule has 2 N–H and O–H groups in total. The molecule has 1 aromatic carbocycles. The van der Waals surface area contributed by atoms with Gasteiger partial charge in [0, 0.05) is 10.6 Å². The number of carbonyl (C=O) groups excluding carboxylic acids is 1. The number of carboxylic acid groups (broad SMARTS) is 1. The van der Waals surface area contributed by atoms with Crippen LogP contribution in [0, 0.1) is 5.92 Å². The van der Waals surface area contributed by atoms with Crippen molar-refractivity contribution < 1.29 is 19.4 Å². The van der Waals surface area contributed by atoms with Gasteiger partial charge in [0.05, 0.1) is 18.6 Å². The Morgan fingerprint density at radius 3 is 2.70 bits per heavy atom. The Kier molecular flexibility index (Phi) is 4.62. The van der Waals surface area contributed by atoms with Gasteiger partial charge < -0.3 is 15.2 Å². The smallest absolute Gasteiger partial charge is 0.330 e. The number of benzene rings is 1. The number of hydrogen-bond acceptors (Lipinski definition) is 3. The van der Waals surface area contributed by atoms with Crippen molar-refractivity contribution in [2.75, 3.05) is 6.61 Å². The molecule has 0 bridgehead atoms. The van der Waals surface area contributed by atoms with Crippen LogP contribution in [0.3, 0.4) is 0 Å². The molecule has 1 fully saturated rings. The van der Waals surface area contributed by atoms with Crippen LogP contribution in [0.5, 0.6) is 0 Å². The van der Waals surface area contributed by atoms with E-state index in [0.717, 1.165) is 0 Å². The minimum atomic E-state index is -1.15. The van der Waals surface area contributed by atoms with E-state index < -0.39 is 12.0 Å². The van der Waals surface area contributed by atoms with Gasteiger partial charge in [-0.25, -0.2) is 4.79 Å². The number of carbonyl (C=O) groups is 2. The van der Waals surface area contributed by atoms with Crippen molar-refractivity contribution in [2.45, 2.75) is 25.5 Å². The molecule has 1 amide bonds. The van der Waals surface area contributed by atoms with Gasteiger partial charge in [0.1, 0.15) is 0 Å². The lowest BCUT2D eigenvalue weighted by molar-refractivity contribution is -0.142. The summed E-state index contributed by atoms with van der Waals surface area (Å²) in [5.74, 6) is -1.77. The van der Waals surface area contributed by atoms with Crippen LogP contribution in [0.25, 0.3) is 0 Å². The molecule has 0 saturated carbocycles. The number of nitrogens with one attached hydrogen (secondary N) is 1. The molecule has 1 aliphatic heterocycles. The molecule has 2 unspecified atom stereocenters. The van der Waals surface area contributed by atoms with Crippen molar-refractivity contribution in [1.29, 1.82) is 0 Å². The highest BCUT2D eigenvalue weighted by molar-refractivity contribution is 6.31. The fraction of sp³-hybridized carbons (Fsp3) is 0.429. The first-order chi connectivity index (χ1) is 9.49. The fourth-order valence-corrected chi connectivity index (χ4v) is 2.49. The number of hydrogen-bond donors (Lipinski definition) is 2. The van der Waals surface area contributed by atoms with Crippen molar-refractivity contribution >= 4 is 23.5 Å². The van der Waals surface area contributed by atoms with Gasteiger partial charge in [0.15, 0.2) is 6.04 Å². The molecule has 2 rings (SSSR count). The molecule has 0 spiro atoms. The maximum absolute atomic E-state index is 12.1. The van der Waals surface area contributed by atoms with Crippen molar-refractivity contribution in [3.63, 3.8) is 0 Å². The Hall–Kier alpha value is -1.59. The zero-order chi connectivity index (χ0) is 14.7. The topological polar surface area (TPSA) is 75.6 Å². The molecule has 0 aliphatic carbocycles. The van der Waals surface area contributed by atoms with Crippen LogP contribution in [0.4, 0.5) is 0 Å². The first-order valence-electron chi connectivity index (χ1n) is 6.38. The lowest BCUT2D eigenvalue weighted by atomic mass is 10.0. The first kappa shape index (κ1) is 14.8. The Morgan fingerprint density at radius 2 is 2.15 bits per heavy atom. The summed E-state index contributed by atoms with van der Waals surface area (Å²) in [6.45, 7) is 2.21. The van der Waals surface area contributed by atoms with Crippen LogP contribution in [0.1, 0.15) is 24.9 Å². The van der Waals surface area contributed by atoms with E-state index in [1.54, 1.807) is 24.3 Å². The molecule has 1 aromatic rings. The van der Waals surface area contributed by atoms with Crippen molar-refractivity contribution in [3.8, 4) is 0 Å². The lowest BCUT2D eigenvalue weighted by Crippen LogP contribution is -2.38. The normalized spacial score (nSPS) is 23.3. The molecule has 5 nitrogen and oxygen atoms in total. The Balaban J connectivity index is 2.13. The van der Waals surface area contributed by atoms with Gasteiger partial charge in [0.25, 0.3) is 0 Å². The average molecular weight is 298 g/mol. The van der Waals surface area contributed by atoms with Crippen LogP contribution in [0.2, 0.25) is 5.02 Å². The summed E-state index contributed by atoms with van der Waals surface area (Å²) < 4.78 is 5.32. The molecule has 1 aliphatic rings. The molecule has 1 saturated heterocycles. The number of amides is 1. The Morgan fingerprint density at radius 1 is 1.45 bits per heavy atom. The third-order valence-electron chi connectivity index (χ3n) is 3.32. The van der Waals surface area contributed by atoms with Gasteiger partial charge in [-0.3, -0.25) is 4.79 Å². The van der Waals surface area contributed by atoms with Crippen molar-refractivity contribution in [1.82, 2.24) is 5.32 Å². The largest absolute Gasteiger partial charge is 0.479 e. The van der Waals surface area contributed by atoms with Crippen LogP contribution in [-0.4, -0.2) is 29.7 Å². The van der Waals surface area contributed by atoms with Gasteiger partial charge in [0.2, 0.25) is 5.91 Å². The zero-order valence-electron chi connectivity index (χ0n) is 11.0. The van der Waals surface area contributed by atoms with E-state index in [-0.39, 0.29) is 17.9 Å². The molecular weight excluding hydrogens is 282 g/mol. The van der Waals surface area contributed by atoms with Crippen LogP contribution < -0.4 is 5.32 Å². The highest BCUT2D eigenvalue weighted by atomic mass is 35.5. The predicted molar refractivity (Wildman–Crippen MR) is 73.5 cm³/mol. The second kappa shape index (κ2) is 6.24. The fourth-order valence-electron chi connectivity index (χ4n) is 2.24. The number of aliphatic carboxylic acids is 1. The second-order valence-corrected chi connectivity index (χ2v) is 5.29. The predicted octanol–water partition coefficient (Wildman–Crippen LogP) is 2.01. The summed E-state index contributed by atoms with van der Waals surface area (Å²) >= 11 is 5.99. The van der Waals surface area contributed by atoms with E-state index >= 15 is 0 Å².